The highest BCUT2D eigenvalue weighted by Gasteiger charge is 2.59. The second-order valence-corrected chi connectivity index (χ2v) is 37.3. The zero-order valence-electron chi connectivity index (χ0n) is 86.0. The minimum atomic E-state index is 0.602. The molecule has 0 saturated heterocycles. The van der Waals surface area contributed by atoms with Gasteiger partial charge in [0.15, 0.2) is 0 Å². The molecule has 0 aromatic heterocycles. The quantitative estimate of drug-likeness (QED) is 0.0533. The Labute approximate surface area is 710 Å². The summed E-state index contributed by atoms with van der Waals surface area (Å²) in [7, 11) is 0. The van der Waals surface area contributed by atoms with E-state index in [4.69, 9.17) is 0 Å². The van der Waals surface area contributed by atoms with Gasteiger partial charge in [0.05, 0.1) is 0 Å². The van der Waals surface area contributed by atoms with E-state index in [0.717, 1.165) is 63.6 Å². The Balaban J connectivity index is -0.000000199. The van der Waals surface area contributed by atoms with E-state index in [-0.39, 0.29) is 0 Å². The van der Waals surface area contributed by atoms with Gasteiger partial charge in [0.25, 0.3) is 0 Å². The lowest BCUT2D eigenvalue weighted by atomic mass is 9.40. The van der Waals surface area contributed by atoms with E-state index in [9.17, 15) is 0 Å². The fourth-order valence-corrected chi connectivity index (χ4v) is 21.7. The third kappa shape index (κ3) is 59.6. The minimum absolute atomic E-state index is 0.602. The van der Waals surface area contributed by atoms with Crippen LogP contribution < -0.4 is 0 Å². The molecule has 0 spiro atoms. The Morgan fingerprint density at radius 2 is 0.455 bits per heavy atom. The van der Waals surface area contributed by atoms with Crippen LogP contribution in [0, 0.1) is 79.8 Å². The smallest absolute Gasteiger partial charge is 0.0184 e. The molecule has 4 fully saturated rings. The summed E-state index contributed by atoms with van der Waals surface area (Å²) in [6.45, 7) is 80.3. The van der Waals surface area contributed by atoms with E-state index in [1.54, 1.807) is 25.7 Å². The molecule has 4 rings (SSSR count). The summed E-state index contributed by atoms with van der Waals surface area (Å²) in [5, 5.41) is 0. The second kappa shape index (κ2) is 88.3. The van der Waals surface area contributed by atoms with Crippen LogP contribution in [0.2, 0.25) is 0 Å². The molecule has 0 aromatic rings. The molecule has 4 saturated carbocycles. The summed E-state index contributed by atoms with van der Waals surface area (Å²) in [6.07, 6.45) is 88.4. The molecule has 0 aromatic carbocycles. The van der Waals surface area contributed by atoms with Crippen molar-refractivity contribution >= 4 is 0 Å². The van der Waals surface area contributed by atoms with Gasteiger partial charge in [-0.05, 0) is 208 Å². The predicted octanol–water partition coefficient (Wildman–Crippen LogP) is 42.9. The molecule has 0 radical (unpaired) electrons. The largest absolute Gasteiger partial charge is 0.0683 e. The van der Waals surface area contributed by atoms with Gasteiger partial charge in [0, 0.05) is 0 Å². The maximum absolute atomic E-state index is 2.52. The van der Waals surface area contributed by atoms with Gasteiger partial charge in [-0.1, -0.05) is 506 Å². The molecule has 4 aliphatic rings. The van der Waals surface area contributed by atoms with E-state index in [0.29, 0.717) is 16.2 Å². The molecular weight excluding hydrogens is 1320 g/mol. The van der Waals surface area contributed by atoms with Crippen LogP contribution in [-0.2, 0) is 0 Å². The van der Waals surface area contributed by atoms with Crippen molar-refractivity contribution in [1.29, 1.82) is 0 Å². The summed E-state index contributed by atoms with van der Waals surface area (Å²) < 4.78 is 0. The maximum atomic E-state index is 2.52. The summed E-state index contributed by atoms with van der Waals surface area (Å²) in [5.41, 5.74) is 4.00. The maximum Gasteiger partial charge on any atom is -0.0184 e. The van der Waals surface area contributed by atoms with Crippen molar-refractivity contribution in [2.24, 2.45) is 79.8 Å². The van der Waals surface area contributed by atoms with Crippen LogP contribution in [0.1, 0.15) is 635 Å². The van der Waals surface area contributed by atoms with Crippen LogP contribution in [-0.4, -0.2) is 0 Å². The lowest BCUT2D eigenvalue weighted by Crippen LogP contribution is -2.55. The fourth-order valence-electron chi connectivity index (χ4n) is 21.7. The van der Waals surface area contributed by atoms with Crippen molar-refractivity contribution < 1.29 is 0 Å². The van der Waals surface area contributed by atoms with Crippen molar-refractivity contribution in [2.45, 2.75) is 635 Å². The Kier molecular flexibility index (Phi) is 101. The van der Waals surface area contributed by atoms with Crippen LogP contribution in [0.25, 0.3) is 0 Å². The lowest BCUT2D eigenvalue weighted by molar-refractivity contribution is -0.145. The zero-order chi connectivity index (χ0) is 86.0. The molecule has 4 aliphatic carbocycles. The third-order valence-corrected chi connectivity index (χ3v) is 27.2. The van der Waals surface area contributed by atoms with Gasteiger partial charge in [-0.25, -0.2) is 0 Å². The van der Waals surface area contributed by atoms with E-state index in [1.165, 1.54) is 360 Å². The van der Waals surface area contributed by atoms with Gasteiger partial charge in [0.2, 0.25) is 0 Å². The van der Waals surface area contributed by atoms with Crippen molar-refractivity contribution in [3.8, 4) is 0 Å². The molecule has 110 heavy (non-hydrogen) atoms. The van der Waals surface area contributed by atoms with Crippen LogP contribution in [0.5, 0.6) is 0 Å². The highest BCUT2D eigenvalue weighted by atomic mass is 14.6. The van der Waals surface area contributed by atoms with Gasteiger partial charge in [-0.2, -0.15) is 0 Å². The molecule has 0 N–H and O–H groups in total. The third-order valence-electron chi connectivity index (χ3n) is 27.2. The number of unbranched alkanes of at least 4 members (excludes halogenated alkanes) is 6. The highest BCUT2D eigenvalue weighted by molar-refractivity contribution is 5.09. The molecule has 0 nitrogen and oxygen atoms in total. The van der Waals surface area contributed by atoms with E-state index >= 15 is 0 Å². The Hall–Kier alpha value is 0. The van der Waals surface area contributed by atoms with Crippen molar-refractivity contribution in [3.05, 3.63) is 0 Å². The van der Waals surface area contributed by atoms with Crippen LogP contribution >= 0.6 is 0 Å². The summed E-state index contributed by atoms with van der Waals surface area (Å²) in [5.74, 6) is 7.42. The monoisotopic (exact) mass is 1560 g/mol. The van der Waals surface area contributed by atoms with Gasteiger partial charge >= 0.3 is 0 Å². The average molecular weight is 1560 g/mol. The second-order valence-electron chi connectivity index (χ2n) is 37.3. The summed E-state index contributed by atoms with van der Waals surface area (Å²) in [6, 6.07) is 0. The molecule has 4 atom stereocenters. The van der Waals surface area contributed by atoms with Gasteiger partial charge in [-0.3, -0.25) is 0 Å². The first-order valence-electron chi connectivity index (χ1n) is 53.1. The highest BCUT2D eigenvalue weighted by Crippen LogP contribution is 2.69. The molecular formula is C110H236. The predicted molar refractivity (Wildman–Crippen MR) is 524 cm³/mol. The van der Waals surface area contributed by atoms with Crippen LogP contribution in [0.15, 0.2) is 0 Å². The minimum Gasteiger partial charge on any atom is -0.0683 e. The Morgan fingerprint density at radius 1 is 0.218 bits per heavy atom. The molecule has 676 valence electrons. The van der Waals surface area contributed by atoms with Gasteiger partial charge in [0.1, 0.15) is 0 Å². The fraction of sp³-hybridized carbons (Fsp3) is 1.00. The SMILES string of the molecule is CC.CC.CC.CC.CC.CC.CC.CC.CC(C)CCC1(CCC(C)C)CCCCC1.CC(C)CCCC(C)CCC1(CCC(C)CCCC(C)C)CCCCC1.CCCC(CCC)(CCC)C1(C(CCC)(CCC)CCC)CCCCC1.CCCCCCC(CC)CC1(CC(CC)CCCCCC)CCCCC1. The topological polar surface area (TPSA) is 0 Å². The van der Waals surface area contributed by atoms with Crippen molar-refractivity contribution in [3.63, 3.8) is 0 Å². The first kappa shape index (κ1) is 126. The van der Waals surface area contributed by atoms with Crippen LogP contribution in [0.3, 0.4) is 0 Å². The Morgan fingerprint density at radius 3 is 0.682 bits per heavy atom. The normalized spacial score (nSPS) is 17.0. The average Bonchev–Trinajstić information content (AvgIpc) is 0.718. The molecule has 0 bridgehead atoms. The number of hydrogen-bond acceptors (Lipinski definition) is 0. The van der Waals surface area contributed by atoms with E-state index in [2.05, 4.69) is 138 Å². The standard InChI is InChI=1S/3C26H52.C16H32.8C2H6/c1-22(2)12-10-14-24(5)16-20-26(18-8-7-9-19-26)21-17-25(6)15-11-13-23(3)4;1-7-16-24(17-8-2,18-9-3)26(22-14-13-15-23-26)25(19-10-4,20-11-5)21-12-6;1-5-9-11-14-18-24(7-3)22-26(20-16-13-17-21-26)23-25(8-4)19-15-12-10-6-2;1-14(2)8-12-16(13-9-15(3)4)10-6-5-7-11-16;8*1-2/h22-25H,7-21H2,1-6H3;7-23H2,1-6H3;24-25H,5-23H2,1-4H3;14-15H,5-13H2,1-4H3;8*1-2H3. The van der Waals surface area contributed by atoms with Gasteiger partial charge < -0.3 is 0 Å². The molecule has 0 heteroatoms. The van der Waals surface area contributed by atoms with Gasteiger partial charge in [-0.15, -0.1) is 0 Å². The molecule has 0 aliphatic heterocycles. The first-order valence-corrected chi connectivity index (χ1v) is 53.1. The van der Waals surface area contributed by atoms with E-state index < -0.39 is 0 Å². The first-order chi connectivity index (χ1) is 53.1. The zero-order valence-corrected chi connectivity index (χ0v) is 86.0. The number of rotatable bonds is 50. The van der Waals surface area contributed by atoms with Crippen molar-refractivity contribution in [2.75, 3.05) is 0 Å². The number of hydrogen-bond donors (Lipinski definition) is 0. The molecule has 4 unspecified atom stereocenters. The van der Waals surface area contributed by atoms with Crippen molar-refractivity contribution in [1.82, 2.24) is 0 Å². The molecule has 0 heterocycles. The summed E-state index contributed by atoms with van der Waals surface area (Å²) in [4.78, 5) is 0. The van der Waals surface area contributed by atoms with E-state index in [1.807, 2.05) is 111 Å². The van der Waals surface area contributed by atoms with Crippen LogP contribution in [0.4, 0.5) is 0 Å². The lowest BCUT2D eigenvalue weighted by Gasteiger charge is -2.64. The Bertz CT molecular complexity index is 1490. The molecule has 0 amide bonds. The summed E-state index contributed by atoms with van der Waals surface area (Å²) >= 11 is 0.